The molecule has 1 saturated heterocycles. The van der Waals surface area contributed by atoms with Gasteiger partial charge in [0, 0.05) is 42.8 Å². The molecule has 1 aliphatic heterocycles. The van der Waals surface area contributed by atoms with Crippen LogP contribution in [-0.4, -0.2) is 37.3 Å². The molecular formula is C27H26N6O. The normalized spacial score (nSPS) is 15.3. The second-order valence-corrected chi connectivity index (χ2v) is 8.54. The summed E-state index contributed by atoms with van der Waals surface area (Å²) in [5.41, 5.74) is 5.59. The van der Waals surface area contributed by atoms with E-state index in [1.165, 1.54) is 11.1 Å². The first kappa shape index (κ1) is 21.7. The highest BCUT2D eigenvalue weighted by atomic mass is 16.2. The molecule has 170 valence electrons. The lowest BCUT2D eigenvalue weighted by molar-refractivity contribution is 0.0732. The summed E-state index contributed by atoms with van der Waals surface area (Å²) in [7, 11) is 0. The highest BCUT2D eigenvalue weighted by Gasteiger charge is 2.32. The number of carbonyl (C=O) groups is 1. The van der Waals surface area contributed by atoms with Crippen LogP contribution in [-0.2, 0) is 6.42 Å². The molecule has 0 saturated carbocycles. The van der Waals surface area contributed by atoms with Gasteiger partial charge in [0.1, 0.15) is 0 Å². The van der Waals surface area contributed by atoms with E-state index in [0.29, 0.717) is 18.1 Å². The van der Waals surface area contributed by atoms with Gasteiger partial charge in [0.25, 0.3) is 5.91 Å². The van der Waals surface area contributed by atoms with Gasteiger partial charge in [-0.1, -0.05) is 35.9 Å². The maximum Gasteiger partial charge on any atom is 0.254 e. The molecule has 0 aliphatic carbocycles. The number of carbonyl (C=O) groups excluding carboxylic acids is 1. The molecule has 7 heteroatoms. The van der Waals surface area contributed by atoms with Crippen LogP contribution in [0.4, 0.5) is 11.6 Å². The standard InChI is InChI=1S/C27H26N6O/c1-19-6-2-7-20(14-19)15-23-17-28-18-24(31-23)25-10-4-13-33(25)26(34)21-8-3-9-22(16-21)32-27-29-11-5-12-30-27/h2-3,5-9,11-12,14,16-18,25H,4,10,13,15H2,1H3,(H,29,30,32)/t25-/m1/s1. The Morgan fingerprint density at radius 1 is 1.06 bits per heavy atom. The van der Waals surface area contributed by atoms with E-state index in [0.717, 1.165) is 36.3 Å². The molecular weight excluding hydrogens is 424 g/mol. The van der Waals surface area contributed by atoms with Gasteiger partial charge >= 0.3 is 0 Å². The lowest BCUT2D eigenvalue weighted by atomic mass is 10.1. The quantitative estimate of drug-likeness (QED) is 0.450. The van der Waals surface area contributed by atoms with Crippen LogP contribution in [0.1, 0.15) is 51.8 Å². The highest BCUT2D eigenvalue weighted by Crippen LogP contribution is 2.32. The van der Waals surface area contributed by atoms with Gasteiger partial charge in [0.15, 0.2) is 0 Å². The van der Waals surface area contributed by atoms with Crippen molar-refractivity contribution in [2.75, 3.05) is 11.9 Å². The molecule has 5 rings (SSSR count). The van der Waals surface area contributed by atoms with Gasteiger partial charge in [0.2, 0.25) is 5.95 Å². The molecule has 1 aliphatic rings. The van der Waals surface area contributed by atoms with E-state index >= 15 is 0 Å². The lowest BCUT2D eigenvalue weighted by Gasteiger charge is -2.24. The third-order valence-electron chi connectivity index (χ3n) is 5.96. The molecule has 1 N–H and O–H groups in total. The molecule has 1 fully saturated rings. The smallest absolute Gasteiger partial charge is 0.254 e. The van der Waals surface area contributed by atoms with E-state index in [1.807, 2.05) is 35.4 Å². The zero-order valence-electron chi connectivity index (χ0n) is 19.1. The van der Waals surface area contributed by atoms with E-state index in [1.54, 1.807) is 24.7 Å². The Bertz CT molecular complexity index is 1290. The summed E-state index contributed by atoms with van der Waals surface area (Å²) in [6.45, 7) is 2.79. The Balaban J connectivity index is 1.34. The molecule has 1 amide bonds. The topological polar surface area (TPSA) is 83.9 Å². The van der Waals surface area contributed by atoms with Gasteiger partial charge in [-0.05, 0) is 49.6 Å². The predicted octanol–water partition coefficient (Wildman–Crippen LogP) is 4.89. The fourth-order valence-corrected chi connectivity index (χ4v) is 4.41. The van der Waals surface area contributed by atoms with Gasteiger partial charge in [-0.3, -0.25) is 14.8 Å². The van der Waals surface area contributed by atoms with Crippen molar-refractivity contribution in [3.63, 3.8) is 0 Å². The maximum atomic E-state index is 13.5. The van der Waals surface area contributed by atoms with E-state index < -0.39 is 0 Å². The first-order valence-corrected chi connectivity index (χ1v) is 11.5. The van der Waals surface area contributed by atoms with Crippen LogP contribution in [0.3, 0.4) is 0 Å². The molecule has 1 atom stereocenters. The van der Waals surface area contributed by atoms with Crippen LogP contribution in [0.15, 0.2) is 79.4 Å². The summed E-state index contributed by atoms with van der Waals surface area (Å²) in [4.78, 5) is 33.1. The molecule has 2 aromatic carbocycles. The molecule has 34 heavy (non-hydrogen) atoms. The average Bonchev–Trinajstić information content (AvgIpc) is 3.35. The van der Waals surface area contributed by atoms with Crippen molar-refractivity contribution in [1.82, 2.24) is 24.8 Å². The SMILES string of the molecule is Cc1cccc(Cc2cncc([C@H]3CCCN3C(=O)c3cccc(Nc4ncccn4)c3)n2)c1. The van der Waals surface area contributed by atoms with Crippen LogP contribution in [0.5, 0.6) is 0 Å². The van der Waals surface area contributed by atoms with Crippen molar-refractivity contribution in [2.24, 2.45) is 0 Å². The number of hydrogen-bond acceptors (Lipinski definition) is 6. The van der Waals surface area contributed by atoms with Crippen LogP contribution < -0.4 is 5.32 Å². The van der Waals surface area contributed by atoms with Crippen molar-refractivity contribution in [3.8, 4) is 0 Å². The number of nitrogens with one attached hydrogen (secondary N) is 1. The number of benzene rings is 2. The second kappa shape index (κ2) is 9.79. The van der Waals surface area contributed by atoms with E-state index in [9.17, 15) is 4.79 Å². The van der Waals surface area contributed by atoms with Gasteiger partial charge < -0.3 is 10.2 Å². The van der Waals surface area contributed by atoms with E-state index in [2.05, 4.69) is 51.5 Å². The lowest BCUT2D eigenvalue weighted by Crippen LogP contribution is -2.31. The molecule has 0 unspecified atom stereocenters. The molecule has 4 aromatic rings. The number of nitrogens with zero attached hydrogens (tertiary/aromatic N) is 5. The Morgan fingerprint density at radius 2 is 1.91 bits per heavy atom. The van der Waals surface area contributed by atoms with Crippen molar-refractivity contribution in [2.45, 2.75) is 32.2 Å². The van der Waals surface area contributed by atoms with Gasteiger partial charge in [-0.2, -0.15) is 0 Å². The van der Waals surface area contributed by atoms with Crippen LogP contribution in [0, 0.1) is 6.92 Å². The van der Waals surface area contributed by atoms with Crippen molar-refractivity contribution in [1.29, 1.82) is 0 Å². The summed E-state index contributed by atoms with van der Waals surface area (Å²) in [5, 5.41) is 3.15. The first-order valence-electron chi connectivity index (χ1n) is 11.5. The van der Waals surface area contributed by atoms with E-state index in [4.69, 9.17) is 4.98 Å². The fraction of sp³-hybridized carbons (Fsp3) is 0.222. The van der Waals surface area contributed by atoms with E-state index in [-0.39, 0.29) is 11.9 Å². The largest absolute Gasteiger partial charge is 0.330 e. The van der Waals surface area contributed by atoms with Gasteiger partial charge in [-0.15, -0.1) is 0 Å². The minimum absolute atomic E-state index is 0.00832. The molecule has 0 radical (unpaired) electrons. The molecule has 0 spiro atoms. The number of hydrogen-bond donors (Lipinski definition) is 1. The average molecular weight is 451 g/mol. The highest BCUT2D eigenvalue weighted by molar-refractivity contribution is 5.95. The first-order chi connectivity index (χ1) is 16.7. The van der Waals surface area contributed by atoms with Crippen molar-refractivity contribution in [3.05, 3.63) is 107 Å². The number of aryl methyl sites for hydroxylation is 1. The number of likely N-dealkylation sites (tertiary alicyclic amines) is 1. The fourth-order valence-electron chi connectivity index (χ4n) is 4.41. The molecule has 7 nitrogen and oxygen atoms in total. The Kier molecular flexibility index (Phi) is 6.25. The minimum atomic E-state index is -0.0773. The summed E-state index contributed by atoms with van der Waals surface area (Å²) >= 11 is 0. The summed E-state index contributed by atoms with van der Waals surface area (Å²) in [5.74, 6) is 0.484. The number of anilines is 2. The predicted molar refractivity (Wildman–Crippen MR) is 131 cm³/mol. The van der Waals surface area contributed by atoms with Crippen molar-refractivity contribution >= 4 is 17.5 Å². The Hall–Kier alpha value is -4.13. The third-order valence-corrected chi connectivity index (χ3v) is 5.96. The van der Waals surface area contributed by atoms with Crippen molar-refractivity contribution < 1.29 is 4.79 Å². The number of rotatable bonds is 6. The Labute approximate surface area is 199 Å². The number of amides is 1. The zero-order valence-corrected chi connectivity index (χ0v) is 19.1. The van der Waals surface area contributed by atoms with Crippen LogP contribution in [0.25, 0.3) is 0 Å². The summed E-state index contributed by atoms with van der Waals surface area (Å²) in [6, 6.07) is 17.6. The molecule has 2 aromatic heterocycles. The summed E-state index contributed by atoms with van der Waals surface area (Å²) in [6.07, 6.45) is 9.49. The monoisotopic (exact) mass is 450 g/mol. The molecule has 3 heterocycles. The van der Waals surface area contributed by atoms with Crippen LogP contribution >= 0.6 is 0 Å². The van der Waals surface area contributed by atoms with Crippen LogP contribution in [0.2, 0.25) is 0 Å². The molecule has 0 bridgehead atoms. The van der Waals surface area contributed by atoms with Gasteiger partial charge in [-0.25, -0.2) is 9.97 Å². The Morgan fingerprint density at radius 3 is 2.76 bits per heavy atom. The second-order valence-electron chi connectivity index (χ2n) is 8.54. The minimum Gasteiger partial charge on any atom is -0.330 e. The van der Waals surface area contributed by atoms with Gasteiger partial charge in [0.05, 0.1) is 23.6 Å². The third kappa shape index (κ3) is 4.93. The number of aromatic nitrogens is 4. The maximum absolute atomic E-state index is 13.5. The summed E-state index contributed by atoms with van der Waals surface area (Å²) < 4.78 is 0. The zero-order chi connectivity index (χ0) is 23.3.